The maximum atomic E-state index is 13.8. The van der Waals surface area contributed by atoms with Crippen LogP contribution in [0, 0.1) is 11.3 Å². The van der Waals surface area contributed by atoms with Gasteiger partial charge in [-0.05, 0) is 6.92 Å². The SMILES string of the molecule is CC(F)c1nnc(Nc2cnc(C#N)cn2)cc1NC[C@@H]1CNCCO1. The van der Waals surface area contributed by atoms with Crippen molar-refractivity contribution in [2.75, 3.05) is 36.9 Å². The van der Waals surface area contributed by atoms with Gasteiger partial charge in [-0.15, -0.1) is 10.2 Å². The molecule has 1 fully saturated rings. The van der Waals surface area contributed by atoms with Gasteiger partial charge in [0.25, 0.3) is 0 Å². The van der Waals surface area contributed by atoms with E-state index in [4.69, 9.17) is 10.00 Å². The summed E-state index contributed by atoms with van der Waals surface area (Å²) in [5.41, 5.74) is 0.977. The number of nitriles is 1. The molecule has 0 radical (unpaired) electrons. The van der Waals surface area contributed by atoms with E-state index in [-0.39, 0.29) is 17.5 Å². The molecule has 9 nitrogen and oxygen atoms in total. The van der Waals surface area contributed by atoms with E-state index in [0.29, 0.717) is 30.5 Å². The van der Waals surface area contributed by atoms with E-state index in [1.807, 2.05) is 6.07 Å². The van der Waals surface area contributed by atoms with Gasteiger partial charge in [-0.2, -0.15) is 5.26 Å². The first-order valence-corrected chi connectivity index (χ1v) is 8.22. The van der Waals surface area contributed by atoms with E-state index < -0.39 is 6.17 Å². The average molecular weight is 358 g/mol. The van der Waals surface area contributed by atoms with E-state index in [9.17, 15) is 4.39 Å². The maximum absolute atomic E-state index is 13.8. The Labute approximate surface area is 150 Å². The average Bonchev–Trinajstić information content (AvgIpc) is 2.68. The molecule has 3 N–H and O–H groups in total. The highest BCUT2D eigenvalue weighted by Crippen LogP contribution is 2.25. The summed E-state index contributed by atoms with van der Waals surface area (Å²) < 4.78 is 19.5. The van der Waals surface area contributed by atoms with Gasteiger partial charge in [0.2, 0.25) is 0 Å². The summed E-state index contributed by atoms with van der Waals surface area (Å²) in [7, 11) is 0. The number of aromatic nitrogens is 4. The monoisotopic (exact) mass is 358 g/mol. The Kier molecular flexibility index (Phi) is 5.83. The lowest BCUT2D eigenvalue weighted by molar-refractivity contribution is 0.0372. The molecular formula is C16H19FN8O. The summed E-state index contributed by atoms with van der Waals surface area (Å²) in [6, 6.07) is 3.56. The molecule has 1 aliphatic rings. The van der Waals surface area contributed by atoms with Crippen molar-refractivity contribution in [2.45, 2.75) is 19.2 Å². The molecule has 2 aromatic heterocycles. The number of hydrogen-bond acceptors (Lipinski definition) is 9. The van der Waals surface area contributed by atoms with Crippen LogP contribution < -0.4 is 16.0 Å². The zero-order valence-electron chi connectivity index (χ0n) is 14.2. The van der Waals surface area contributed by atoms with Gasteiger partial charge < -0.3 is 20.7 Å². The van der Waals surface area contributed by atoms with Gasteiger partial charge in [0.05, 0.1) is 30.8 Å². The molecule has 1 aliphatic heterocycles. The molecule has 0 bridgehead atoms. The Morgan fingerprint density at radius 1 is 1.38 bits per heavy atom. The first-order valence-electron chi connectivity index (χ1n) is 8.22. The van der Waals surface area contributed by atoms with E-state index in [1.165, 1.54) is 19.3 Å². The predicted molar refractivity (Wildman–Crippen MR) is 92.7 cm³/mol. The van der Waals surface area contributed by atoms with Crippen molar-refractivity contribution in [3.05, 3.63) is 29.8 Å². The molecule has 2 atom stereocenters. The second-order valence-corrected chi connectivity index (χ2v) is 5.75. The molecule has 0 saturated carbocycles. The van der Waals surface area contributed by atoms with Crippen molar-refractivity contribution in [3.8, 4) is 6.07 Å². The van der Waals surface area contributed by atoms with Crippen LogP contribution in [0.2, 0.25) is 0 Å². The molecule has 0 aromatic carbocycles. The minimum absolute atomic E-state index is 0.000449. The van der Waals surface area contributed by atoms with E-state index in [2.05, 4.69) is 36.1 Å². The number of morpholine rings is 1. The third kappa shape index (κ3) is 4.59. The predicted octanol–water partition coefficient (Wildman–Crippen LogP) is 1.31. The summed E-state index contributed by atoms with van der Waals surface area (Å²) >= 11 is 0. The molecular weight excluding hydrogens is 339 g/mol. The van der Waals surface area contributed by atoms with Crippen LogP contribution in [0.4, 0.5) is 21.7 Å². The minimum atomic E-state index is -1.26. The highest BCUT2D eigenvalue weighted by Gasteiger charge is 2.17. The Morgan fingerprint density at radius 3 is 2.92 bits per heavy atom. The van der Waals surface area contributed by atoms with Crippen molar-refractivity contribution in [1.29, 1.82) is 5.26 Å². The van der Waals surface area contributed by atoms with Gasteiger partial charge in [0, 0.05) is 25.7 Å². The molecule has 3 rings (SSSR count). The van der Waals surface area contributed by atoms with Crippen molar-refractivity contribution in [2.24, 2.45) is 0 Å². The summed E-state index contributed by atoms with van der Waals surface area (Å²) in [6.07, 6.45) is 1.50. The fraction of sp³-hybridized carbons (Fsp3) is 0.438. The van der Waals surface area contributed by atoms with Crippen LogP contribution in [-0.4, -0.2) is 52.5 Å². The molecule has 0 amide bonds. The molecule has 3 heterocycles. The third-order valence-corrected chi connectivity index (χ3v) is 3.75. The van der Waals surface area contributed by atoms with E-state index in [1.54, 1.807) is 6.07 Å². The number of anilines is 3. The maximum Gasteiger partial charge on any atom is 0.158 e. The van der Waals surface area contributed by atoms with Gasteiger partial charge in [0.1, 0.15) is 23.8 Å². The van der Waals surface area contributed by atoms with Crippen molar-refractivity contribution in [1.82, 2.24) is 25.5 Å². The van der Waals surface area contributed by atoms with Gasteiger partial charge in [0.15, 0.2) is 11.5 Å². The van der Waals surface area contributed by atoms with E-state index >= 15 is 0 Å². The van der Waals surface area contributed by atoms with E-state index in [0.717, 1.165) is 13.1 Å². The third-order valence-electron chi connectivity index (χ3n) is 3.75. The molecule has 0 spiro atoms. The number of hydrogen-bond donors (Lipinski definition) is 3. The van der Waals surface area contributed by atoms with Gasteiger partial charge in [-0.3, -0.25) is 0 Å². The highest BCUT2D eigenvalue weighted by molar-refractivity contribution is 5.59. The van der Waals surface area contributed by atoms with Crippen LogP contribution in [0.3, 0.4) is 0 Å². The second-order valence-electron chi connectivity index (χ2n) is 5.75. The van der Waals surface area contributed by atoms with Crippen molar-refractivity contribution >= 4 is 17.3 Å². The highest BCUT2D eigenvalue weighted by atomic mass is 19.1. The summed E-state index contributed by atoms with van der Waals surface area (Å²) in [4.78, 5) is 7.99. The Hall–Kier alpha value is -2.90. The quantitative estimate of drug-likeness (QED) is 0.702. The zero-order valence-corrected chi connectivity index (χ0v) is 14.2. The molecule has 1 saturated heterocycles. The van der Waals surface area contributed by atoms with Crippen LogP contribution in [-0.2, 0) is 4.74 Å². The van der Waals surface area contributed by atoms with Crippen LogP contribution in [0.15, 0.2) is 18.5 Å². The fourth-order valence-corrected chi connectivity index (χ4v) is 2.45. The normalized spacial score (nSPS) is 18.0. The first kappa shape index (κ1) is 17.9. The van der Waals surface area contributed by atoms with Gasteiger partial charge in [-0.1, -0.05) is 0 Å². The van der Waals surface area contributed by atoms with Gasteiger partial charge in [-0.25, -0.2) is 14.4 Å². The largest absolute Gasteiger partial charge is 0.381 e. The van der Waals surface area contributed by atoms with Crippen LogP contribution in [0.5, 0.6) is 0 Å². The number of alkyl halides is 1. The Bertz CT molecular complexity index is 771. The molecule has 10 heteroatoms. The lowest BCUT2D eigenvalue weighted by Crippen LogP contribution is -2.42. The number of nitrogens with zero attached hydrogens (tertiary/aromatic N) is 5. The number of rotatable bonds is 6. The topological polar surface area (TPSA) is 121 Å². The zero-order chi connectivity index (χ0) is 18.4. The summed E-state index contributed by atoms with van der Waals surface area (Å²) in [5.74, 6) is 0.795. The smallest absolute Gasteiger partial charge is 0.158 e. The van der Waals surface area contributed by atoms with Crippen LogP contribution >= 0.6 is 0 Å². The number of ether oxygens (including phenoxy) is 1. The second kappa shape index (κ2) is 8.46. The first-order chi connectivity index (χ1) is 12.7. The molecule has 1 unspecified atom stereocenters. The lowest BCUT2D eigenvalue weighted by Gasteiger charge is -2.24. The number of halogens is 1. The van der Waals surface area contributed by atoms with Crippen LogP contribution in [0.25, 0.3) is 0 Å². The number of nitrogens with one attached hydrogen (secondary N) is 3. The standard InChI is InChI=1S/C16H19FN8O/c1-10(17)16-13(21-8-12-7-19-2-3-26-12)4-14(24-25-16)23-15-9-20-11(5-18)6-22-15/h4,6,9-10,12,19H,2-3,7-8H2,1H3,(H2,21,22,23,24)/t10?,12-/m0/s1. The Balaban J connectivity index is 1.73. The van der Waals surface area contributed by atoms with Crippen LogP contribution in [0.1, 0.15) is 24.5 Å². The van der Waals surface area contributed by atoms with Gasteiger partial charge >= 0.3 is 0 Å². The molecule has 136 valence electrons. The van der Waals surface area contributed by atoms with Crippen molar-refractivity contribution in [3.63, 3.8) is 0 Å². The Morgan fingerprint density at radius 2 is 2.27 bits per heavy atom. The summed E-state index contributed by atoms with van der Waals surface area (Å²) in [6.45, 7) is 4.15. The summed E-state index contributed by atoms with van der Waals surface area (Å²) in [5, 5.41) is 26.1. The molecule has 26 heavy (non-hydrogen) atoms. The fourth-order valence-electron chi connectivity index (χ4n) is 2.45. The minimum Gasteiger partial charge on any atom is -0.381 e. The lowest BCUT2D eigenvalue weighted by atomic mass is 10.2. The van der Waals surface area contributed by atoms with Crippen molar-refractivity contribution < 1.29 is 9.13 Å². The molecule has 2 aromatic rings. The molecule has 0 aliphatic carbocycles.